The highest BCUT2D eigenvalue weighted by Gasteiger charge is 2.27. The molecule has 78 valence electrons. The molecule has 0 spiro atoms. The van der Waals surface area contributed by atoms with Crippen molar-refractivity contribution in [3.63, 3.8) is 0 Å². The molecule has 1 aliphatic carbocycles. The van der Waals surface area contributed by atoms with Crippen molar-refractivity contribution in [2.24, 2.45) is 5.41 Å². The lowest BCUT2D eigenvalue weighted by Crippen LogP contribution is -2.22. The fourth-order valence-corrected chi connectivity index (χ4v) is 2.46. The number of nitrogens with zero attached hydrogens (tertiary/aromatic N) is 1. The largest absolute Gasteiger partial charge is 0.350 e. The van der Waals surface area contributed by atoms with Crippen LogP contribution in [0.5, 0.6) is 0 Å². The molecule has 1 nitrogen and oxygen atoms in total. The van der Waals surface area contributed by atoms with Gasteiger partial charge >= 0.3 is 0 Å². The Hall–Kier alpha value is -0.430. The van der Waals surface area contributed by atoms with Gasteiger partial charge in [-0.25, -0.2) is 0 Å². The molecule has 14 heavy (non-hydrogen) atoms. The van der Waals surface area contributed by atoms with Gasteiger partial charge in [-0.3, -0.25) is 0 Å². The van der Waals surface area contributed by atoms with Crippen LogP contribution in [-0.4, -0.2) is 4.57 Å². The number of rotatable bonds is 1. The molecule has 1 heterocycles. The number of hydrogen-bond donors (Lipinski definition) is 0. The predicted octanol–water partition coefficient (Wildman–Crippen LogP) is 4.28. The molecule has 2 rings (SSSR count). The second-order valence-corrected chi connectivity index (χ2v) is 5.61. The molecule has 1 fully saturated rings. The molecule has 1 aliphatic rings. The second kappa shape index (κ2) is 3.62. The minimum Gasteiger partial charge on any atom is -0.350 e. The van der Waals surface area contributed by atoms with Gasteiger partial charge in [-0.2, -0.15) is 0 Å². The van der Waals surface area contributed by atoms with Gasteiger partial charge in [0, 0.05) is 18.4 Å². The van der Waals surface area contributed by atoms with Gasteiger partial charge in [0.25, 0.3) is 0 Å². The van der Waals surface area contributed by atoms with Crippen molar-refractivity contribution in [3.8, 4) is 0 Å². The fraction of sp³-hybridized carbons (Fsp3) is 0.667. The van der Waals surface area contributed by atoms with E-state index in [1.54, 1.807) is 0 Å². The van der Waals surface area contributed by atoms with Crippen molar-refractivity contribution < 1.29 is 0 Å². The van der Waals surface area contributed by atoms with Crippen LogP contribution in [-0.2, 0) is 0 Å². The third kappa shape index (κ3) is 2.14. The molecule has 0 aliphatic heterocycles. The molecular weight excluding hydrogens is 194 g/mol. The van der Waals surface area contributed by atoms with Crippen LogP contribution in [0.3, 0.4) is 0 Å². The summed E-state index contributed by atoms with van der Waals surface area (Å²) in [6.45, 7) is 4.73. The summed E-state index contributed by atoms with van der Waals surface area (Å²) in [5.74, 6) is 0. The van der Waals surface area contributed by atoms with E-state index < -0.39 is 0 Å². The smallest absolute Gasteiger partial charge is 0.0582 e. The van der Waals surface area contributed by atoms with E-state index in [0.717, 1.165) is 5.02 Å². The number of aromatic nitrogens is 1. The molecule has 2 heteroatoms. The van der Waals surface area contributed by atoms with E-state index >= 15 is 0 Å². The summed E-state index contributed by atoms with van der Waals surface area (Å²) in [5.41, 5.74) is 0.549. The first-order valence-electron chi connectivity index (χ1n) is 5.40. The summed E-state index contributed by atoms with van der Waals surface area (Å²) in [6.07, 6.45) is 9.38. The molecule has 1 aromatic rings. The number of halogens is 1. The van der Waals surface area contributed by atoms with Gasteiger partial charge in [0.05, 0.1) is 5.02 Å². The lowest BCUT2D eigenvalue weighted by atomic mass is 9.75. The third-order valence-corrected chi connectivity index (χ3v) is 3.63. The van der Waals surface area contributed by atoms with Crippen molar-refractivity contribution >= 4 is 11.6 Å². The Morgan fingerprint density at radius 2 is 2.00 bits per heavy atom. The standard InChI is InChI=1S/C12H18ClN/c1-12(2)6-3-11(4-7-12)14-8-5-10(13)9-14/h5,8-9,11H,3-4,6-7H2,1-2H3. The van der Waals surface area contributed by atoms with E-state index in [2.05, 4.69) is 24.6 Å². The third-order valence-electron chi connectivity index (χ3n) is 3.41. The van der Waals surface area contributed by atoms with Gasteiger partial charge in [0.15, 0.2) is 0 Å². The van der Waals surface area contributed by atoms with Crippen LogP contribution < -0.4 is 0 Å². The minimum atomic E-state index is 0.549. The normalized spacial score (nSPS) is 22.5. The quantitative estimate of drug-likeness (QED) is 0.654. The average Bonchev–Trinajstić information content (AvgIpc) is 2.52. The Balaban J connectivity index is 2.02. The molecule has 0 bridgehead atoms. The molecule has 1 aromatic heterocycles. The zero-order valence-corrected chi connectivity index (χ0v) is 9.72. The summed E-state index contributed by atoms with van der Waals surface area (Å²) in [7, 11) is 0. The average molecular weight is 212 g/mol. The Bertz CT molecular complexity index is 304. The van der Waals surface area contributed by atoms with Gasteiger partial charge in [0.2, 0.25) is 0 Å². The summed E-state index contributed by atoms with van der Waals surface area (Å²) in [4.78, 5) is 0. The van der Waals surface area contributed by atoms with Crippen LogP contribution >= 0.6 is 11.6 Å². The van der Waals surface area contributed by atoms with Crippen molar-refractivity contribution in [3.05, 3.63) is 23.5 Å². The maximum absolute atomic E-state index is 5.91. The summed E-state index contributed by atoms with van der Waals surface area (Å²) >= 11 is 5.91. The van der Waals surface area contributed by atoms with Crippen LogP contribution in [0.2, 0.25) is 5.02 Å². The molecule has 0 unspecified atom stereocenters. The maximum atomic E-state index is 5.91. The van der Waals surface area contributed by atoms with Crippen LogP contribution in [0.1, 0.15) is 45.6 Å². The highest BCUT2D eigenvalue weighted by molar-refractivity contribution is 6.30. The summed E-state index contributed by atoms with van der Waals surface area (Å²) in [5, 5.41) is 0.856. The van der Waals surface area contributed by atoms with Crippen molar-refractivity contribution in [2.45, 2.75) is 45.6 Å². The Kier molecular flexibility index (Phi) is 2.61. The van der Waals surface area contributed by atoms with E-state index in [1.807, 2.05) is 12.3 Å². The Labute approximate surface area is 91.1 Å². The first-order chi connectivity index (χ1) is 6.57. The molecule has 0 N–H and O–H groups in total. The lowest BCUT2D eigenvalue weighted by Gasteiger charge is -2.34. The van der Waals surface area contributed by atoms with Gasteiger partial charge in [0.1, 0.15) is 0 Å². The highest BCUT2D eigenvalue weighted by atomic mass is 35.5. The molecule has 1 saturated carbocycles. The molecule has 0 amide bonds. The number of hydrogen-bond acceptors (Lipinski definition) is 0. The van der Waals surface area contributed by atoms with E-state index in [4.69, 9.17) is 11.6 Å². The van der Waals surface area contributed by atoms with Crippen LogP contribution in [0, 0.1) is 5.41 Å². The zero-order chi connectivity index (χ0) is 10.2. The van der Waals surface area contributed by atoms with E-state index in [9.17, 15) is 0 Å². The van der Waals surface area contributed by atoms with Crippen LogP contribution in [0.25, 0.3) is 0 Å². The van der Waals surface area contributed by atoms with Gasteiger partial charge in [-0.05, 0) is 37.2 Å². The van der Waals surface area contributed by atoms with Crippen molar-refractivity contribution in [1.82, 2.24) is 4.57 Å². The second-order valence-electron chi connectivity index (χ2n) is 5.17. The van der Waals surface area contributed by atoms with E-state index in [1.165, 1.54) is 25.7 Å². The summed E-state index contributed by atoms with van der Waals surface area (Å²) < 4.78 is 2.28. The molecular formula is C12H18ClN. The monoisotopic (exact) mass is 211 g/mol. The molecule has 0 saturated heterocycles. The zero-order valence-electron chi connectivity index (χ0n) is 8.96. The topological polar surface area (TPSA) is 4.93 Å². The molecule has 0 atom stereocenters. The first-order valence-corrected chi connectivity index (χ1v) is 5.78. The maximum Gasteiger partial charge on any atom is 0.0582 e. The molecule has 0 radical (unpaired) electrons. The van der Waals surface area contributed by atoms with E-state index in [-0.39, 0.29) is 0 Å². The van der Waals surface area contributed by atoms with Gasteiger partial charge < -0.3 is 4.57 Å². The Morgan fingerprint density at radius 1 is 1.36 bits per heavy atom. The van der Waals surface area contributed by atoms with Crippen LogP contribution in [0.15, 0.2) is 18.5 Å². The fourth-order valence-electron chi connectivity index (χ4n) is 2.30. The lowest BCUT2D eigenvalue weighted by molar-refractivity contribution is 0.194. The predicted molar refractivity (Wildman–Crippen MR) is 60.7 cm³/mol. The van der Waals surface area contributed by atoms with Gasteiger partial charge in [-0.15, -0.1) is 0 Å². The van der Waals surface area contributed by atoms with Crippen LogP contribution in [0.4, 0.5) is 0 Å². The highest BCUT2D eigenvalue weighted by Crippen LogP contribution is 2.40. The van der Waals surface area contributed by atoms with Crippen molar-refractivity contribution in [1.29, 1.82) is 0 Å². The van der Waals surface area contributed by atoms with E-state index in [0.29, 0.717) is 11.5 Å². The van der Waals surface area contributed by atoms with Gasteiger partial charge in [-0.1, -0.05) is 25.4 Å². The SMILES string of the molecule is CC1(C)CCC(n2ccc(Cl)c2)CC1. The van der Waals surface area contributed by atoms with Crippen molar-refractivity contribution in [2.75, 3.05) is 0 Å². The summed E-state index contributed by atoms with van der Waals surface area (Å²) in [6, 6.07) is 2.65. The minimum absolute atomic E-state index is 0.549. The molecule has 0 aromatic carbocycles. The Morgan fingerprint density at radius 3 is 2.50 bits per heavy atom. The first kappa shape index (κ1) is 10.1.